The molecule has 2 heterocycles. The average molecular weight is 358 g/mol. The number of nitrogens with zero attached hydrogens (tertiary/aromatic N) is 2. The molecule has 25 heavy (non-hydrogen) atoms. The van der Waals surface area contributed by atoms with Crippen LogP contribution in [0.15, 0.2) is 35.7 Å². The molecule has 7 nitrogen and oxygen atoms in total. The van der Waals surface area contributed by atoms with E-state index in [1.807, 2.05) is 30.3 Å². The fourth-order valence-corrected chi connectivity index (χ4v) is 3.45. The number of rotatable bonds is 6. The van der Waals surface area contributed by atoms with Crippen LogP contribution in [0.3, 0.4) is 0 Å². The third-order valence-electron chi connectivity index (χ3n) is 3.94. The topological polar surface area (TPSA) is 105 Å². The van der Waals surface area contributed by atoms with E-state index in [1.54, 1.807) is 10.3 Å². The lowest BCUT2D eigenvalue weighted by atomic mass is 10.1. The molecular weight excluding hydrogens is 340 g/mol. The first kappa shape index (κ1) is 17.1. The number of primary amides is 1. The van der Waals surface area contributed by atoms with E-state index < -0.39 is 11.8 Å². The van der Waals surface area contributed by atoms with Crippen LogP contribution in [-0.4, -0.2) is 34.2 Å². The minimum atomic E-state index is -0.471. The number of thiazole rings is 1. The quantitative estimate of drug-likeness (QED) is 0.808. The molecule has 0 aliphatic carbocycles. The van der Waals surface area contributed by atoms with Gasteiger partial charge in [-0.3, -0.25) is 14.4 Å². The predicted octanol–water partition coefficient (Wildman–Crippen LogP) is 1.16. The Morgan fingerprint density at radius 2 is 2.08 bits per heavy atom. The summed E-state index contributed by atoms with van der Waals surface area (Å²) in [5.41, 5.74) is 6.69. The highest BCUT2D eigenvalue weighted by molar-refractivity contribution is 7.13. The molecule has 1 fully saturated rings. The third-order valence-corrected chi connectivity index (χ3v) is 4.75. The molecule has 2 aromatic rings. The molecule has 1 atom stereocenters. The van der Waals surface area contributed by atoms with Crippen molar-refractivity contribution >= 4 is 34.2 Å². The minimum Gasteiger partial charge on any atom is -0.369 e. The Bertz CT molecular complexity index is 790. The van der Waals surface area contributed by atoms with Gasteiger partial charge in [0.2, 0.25) is 17.7 Å². The summed E-state index contributed by atoms with van der Waals surface area (Å²) in [4.78, 5) is 41.3. The lowest BCUT2D eigenvalue weighted by Crippen LogP contribution is -2.28. The van der Waals surface area contributed by atoms with Crippen LogP contribution in [-0.2, 0) is 27.3 Å². The summed E-state index contributed by atoms with van der Waals surface area (Å²) < 4.78 is 0. The first-order chi connectivity index (χ1) is 12.0. The summed E-state index contributed by atoms with van der Waals surface area (Å²) in [7, 11) is 0. The van der Waals surface area contributed by atoms with Crippen molar-refractivity contribution < 1.29 is 14.4 Å². The number of carbonyl (C=O) groups excluding carboxylic acids is 3. The molecular formula is C17H18N4O3S. The molecule has 1 unspecified atom stereocenters. The van der Waals surface area contributed by atoms with E-state index in [9.17, 15) is 14.4 Å². The number of aromatic nitrogens is 1. The molecule has 1 aliphatic heterocycles. The Kier molecular flexibility index (Phi) is 5.08. The van der Waals surface area contributed by atoms with Gasteiger partial charge < -0.3 is 16.0 Å². The number of nitrogens with one attached hydrogen (secondary N) is 1. The van der Waals surface area contributed by atoms with E-state index in [0.29, 0.717) is 23.9 Å². The van der Waals surface area contributed by atoms with Crippen molar-refractivity contribution in [2.24, 2.45) is 11.7 Å². The third kappa shape index (κ3) is 4.42. The maximum atomic E-state index is 12.4. The summed E-state index contributed by atoms with van der Waals surface area (Å²) in [5, 5.41) is 4.81. The molecule has 1 aromatic carbocycles. The van der Waals surface area contributed by atoms with E-state index in [2.05, 4.69) is 10.3 Å². The second-order valence-electron chi connectivity index (χ2n) is 5.94. The predicted molar refractivity (Wildman–Crippen MR) is 93.6 cm³/mol. The number of amides is 3. The van der Waals surface area contributed by atoms with E-state index in [-0.39, 0.29) is 24.7 Å². The largest absolute Gasteiger partial charge is 0.369 e. The molecule has 3 amide bonds. The number of hydrogen-bond donors (Lipinski definition) is 2. The Labute approximate surface area is 148 Å². The Balaban J connectivity index is 1.57. The zero-order chi connectivity index (χ0) is 17.8. The lowest BCUT2D eigenvalue weighted by molar-refractivity contribution is -0.128. The number of carbonyl (C=O) groups is 3. The van der Waals surface area contributed by atoms with Gasteiger partial charge in [-0.2, -0.15) is 0 Å². The molecule has 1 aromatic heterocycles. The number of benzene rings is 1. The minimum absolute atomic E-state index is 0.0300. The van der Waals surface area contributed by atoms with E-state index in [1.165, 1.54) is 11.3 Å². The van der Waals surface area contributed by atoms with E-state index in [4.69, 9.17) is 5.73 Å². The van der Waals surface area contributed by atoms with Gasteiger partial charge >= 0.3 is 0 Å². The van der Waals surface area contributed by atoms with Crippen molar-refractivity contribution in [3.05, 3.63) is 47.0 Å². The van der Waals surface area contributed by atoms with Gasteiger partial charge in [-0.15, -0.1) is 11.3 Å². The first-order valence-corrected chi connectivity index (χ1v) is 8.74. The maximum absolute atomic E-state index is 12.4. The second kappa shape index (κ2) is 7.43. The highest BCUT2D eigenvalue weighted by Crippen LogP contribution is 2.23. The maximum Gasteiger partial charge on any atom is 0.231 e. The zero-order valence-corrected chi connectivity index (χ0v) is 14.3. The van der Waals surface area contributed by atoms with Gasteiger partial charge in [0.05, 0.1) is 18.0 Å². The fourth-order valence-electron chi connectivity index (χ4n) is 2.74. The molecule has 0 spiro atoms. The first-order valence-electron chi connectivity index (χ1n) is 7.86. The van der Waals surface area contributed by atoms with Gasteiger partial charge in [0, 0.05) is 24.9 Å². The zero-order valence-electron chi connectivity index (χ0n) is 13.5. The van der Waals surface area contributed by atoms with Gasteiger partial charge in [0.25, 0.3) is 0 Å². The van der Waals surface area contributed by atoms with Crippen LogP contribution in [0.4, 0.5) is 5.13 Å². The van der Waals surface area contributed by atoms with Crippen LogP contribution in [0.2, 0.25) is 0 Å². The van der Waals surface area contributed by atoms with E-state index in [0.717, 1.165) is 5.56 Å². The van der Waals surface area contributed by atoms with Crippen molar-refractivity contribution in [2.45, 2.75) is 19.4 Å². The number of anilines is 1. The normalized spacial score (nSPS) is 16.9. The van der Waals surface area contributed by atoms with Crippen molar-refractivity contribution in [1.82, 2.24) is 9.88 Å². The molecule has 3 rings (SSSR count). The SMILES string of the molecule is NC(=O)Cc1csc(NC(=O)C2CC(=O)N(Cc3ccccc3)C2)n1. The Morgan fingerprint density at radius 3 is 2.80 bits per heavy atom. The van der Waals surface area contributed by atoms with Gasteiger partial charge in [0.1, 0.15) is 0 Å². The van der Waals surface area contributed by atoms with Crippen molar-refractivity contribution in [1.29, 1.82) is 0 Å². The molecule has 0 bridgehead atoms. The highest BCUT2D eigenvalue weighted by Gasteiger charge is 2.34. The highest BCUT2D eigenvalue weighted by atomic mass is 32.1. The smallest absolute Gasteiger partial charge is 0.231 e. The van der Waals surface area contributed by atoms with Gasteiger partial charge in [-0.25, -0.2) is 4.98 Å². The van der Waals surface area contributed by atoms with Crippen LogP contribution in [0.5, 0.6) is 0 Å². The van der Waals surface area contributed by atoms with Gasteiger partial charge in [-0.05, 0) is 5.56 Å². The van der Waals surface area contributed by atoms with Crippen LogP contribution in [0.1, 0.15) is 17.7 Å². The fraction of sp³-hybridized carbons (Fsp3) is 0.294. The Hall–Kier alpha value is -2.74. The number of hydrogen-bond acceptors (Lipinski definition) is 5. The molecule has 0 radical (unpaired) electrons. The molecule has 1 aliphatic rings. The summed E-state index contributed by atoms with van der Waals surface area (Å²) in [6.45, 7) is 0.891. The van der Waals surface area contributed by atoms with Gasteiger partial charge in [-0.1, -0.05) is 30.3 Å². The standard InChI is InChI=1S/C17H18N4O3S/c18-14(22)7-13-10-25-17(19-13)20-16(24)12-6-15(23)21(9-12)8-11-4-2-1-3-5-11/h1-5,10,12H,6-9H2,(H2,18,22)(H,19,20,24). The lowest BCUT2D eigenvalue weighted by Gasteiger charge is -2.16. The van der Waals surface area contributed by atoms with Crippen molar-refractivity contribution in [3.63, 3.8) is 0 Å². The summed E-state index contributed by atoms with van der Waals surface area (Å²) in [6, 6.07) is 9.68. The van der Waals surface area contributed by atoms with Crippen LogP contribution in [0, 0.1) is 5.92 Å². The monoisotopic (exact) mass is 358 g/mol. The second-order valence-corrected chi connectivity index (χ2v) is 6.80. The Morgan fingerprint density at radius 1 is 1.32 bits per heavy atom. The summed E-state index contributed by atoms with van der Waals surface area (Å²) in [6.07, 6.45) is 0.233. The van der Waals surface area contributed by atoms with Crippen LogP contribution < -0.4 is 11.1 Å². The summed E-state index contributed by atoms with van der Waals surface area (Å²) >= 11 is 1.23. The van der Waals surface area contributed by atoms with Crippen molar-refractivity contribution in [2.75, 3.05) is 11.9 Å². The van der Waals surface area contributed by atoms with Crippen LogP contribution in [0.25, 0.3) is 0 Å². The molecule has 8 heteroatoms. The summed E-state index contributed by atoms with van der Waals surface area (Å²) in [5.74, 6) is -1.14. The molecule has 3 N–H and O–H groups in total. The number of nitrogens with two attached hydrogens (primary N) is 1. The number of likely N-dealkylation sites (tertiary alicyclic amines) is 1. The van der Waals surface area contributed by atoms with E-state index >= 15 is 0 Å². The molecule has 1 saturated heterocycles. The van der Waals surface area contributed by atoms with Crippen LogP contribution >= 0.6 is 11.3 Å². The van der Waals surface area contributed by atoms with Crippen molar-refractivity contribution in [3.8, 4) is 0 Å². The molecule has 130 valence electrons. The average Bonchev–Trinajstić information content (AvgIpc) is 3.15. The molecule has 0 saturated carbocycles. The van der Waals surface area contributed by atoms with Gasteiger partial charge in [0.15, 0.2) is 5.13 Å².